The fraction of sp³-hybridized carbons (Fsp3) is 0.462. The highest BCUT2D eigenvalue weighted by atomic mass is 16.5. The normalized spacial score (nSPS) is 12.2. The van der Waals surface area contributed by atoms with Crippen LogP contribution in [0.3, 0.4) is 0 Å². The predicted molar refractivity (Wildman–Crippen MR) is 69.0 cm³/mol. The fourth-order valence-electron chi connectivity index (χ4n) is 1.41. The largest absolute Gasteiger partial charge is 0.372 e. The average Bonchev–Trinajstić information content (AvgIpc) is 2.36. The van der Waals surface area contributed by atoms with Crippen LogP contribution >= 0.6 is 0 Å². The van der Waals surface area contributed by atoms with Crippen molar-refractivity contribution in [2.75, 3.05) is 25.6 Å². The minimum Gasteiger partial charge on any atom is -0.372 e. The number of amides is 1. The van der Waals surface area contributed by atoms with E-state index in [9.17, 15) is 4.79 Å². The van der Waals surface area contributed by atoms with Gasteiger partial charge in [-0.2, -0.15) is 0 Å². The second kappa shape index (κ2) is 7.04. The van der Waals surface area contributed by atoms with Crippen molar-refractivity contribution in [3.8, 4) is 0 Å². The molecule has 0 aliphatic rings. The number of carbonyl (C=O) groups is 1. The van der Waals surface area contributed by atoms with Crippen molar-refractivity contribution in [1.82, 2.24) is 5.32 Å². The van der Waals surface area contributed by atoms with Crippen LogP contribution in [0.15, 0.2) is 24.3 Å². The molecule has 2 N–H and O–H groups in total. The Morgan fingerprint density at radius 1 is 1.35 bits per heavy atom. The van der Waals surface area contributed by atoms with Gasteiger partial charge in [-0.25, -0.2) is 0 Å². The van der Waals surface area contributed by atoms with Gasteiger partial charge in [0.1, 0.15) is 6.61 Å². The Kier molecular flexibility index (Phi) is 5.66. The van der Waals surface area contributed by atoms with E-state index in [2.05, 4.69) is 17.6 Å². The molecule has 0 bridgehead atoms. The van der Waals surface area contributed by atoms with Crippen LogP contribution in [0.5, 0.6) is 0 Å². The van der Waals surface area contributed by atoms with Gasteiger partial charge >= 0.3 is 0 Å². The maximum Gasteiger partial charge on any atom is 0.250 e. The van der Waals surface area contributed by atoms with Crippen molar-refractivity contribution in [3.05, 3.63) is 29.8 Å². The number of rotatable bonds is 6. The second-order valence-electron chi connectivity index (χ2n) is 3.82. The van der Waals surface area contributed by atoms with Crippen LogP contribution in [-0.2, 0) is 9.53 Å². The molecule has 0 radical (unpaired) electrons. The zero-order valence-corrected chi connectivity index (χ0v) is 10.6. The van der Waals surface area contributed by atoms with Crippen molar-refractivity contribution in [1.29, 1.82) is 0 Å². The van der Waals surface area contributed by atoms with Gasteiger partial charge in [0.25, 0.3) is 0 Å². The van der Waals surface area contributed by atoms with Crippen LogP contribution in [0.4, 0.5) is 5.69 Å². The molecule has 0 fully saturated rings. The molecule has 1 aromatic carbocycles. The summed E-state index contributed by atoms with van der Waals surface area (Å²) in [5, 5.41) is 5.94. The number of hydrogen-bond acceptors (Lipinski definition) is 3. The minimum atomic E-state index is -0.124. The summed E-state index contributed by atoms with van der Waals surface area (Å²) in [6.07, 6.45) is 0. The fourth-order valence-corrected chi connectivity index (χ4v) is 1.41. The lowest BCUT2D eigenvalue weighted by Gasteiger charge is -2.11. The molecule has 1 unspecified atom stereocenters. The number of benzene rings is 1. The van der Waals surface area contributed by atoms with E-state index >= 15 is 0 Å². The maximum absolute atomic E-state index is 11.4. The zero-order valence-electron chi connectivity index (χ0n) is 10.6. The summed E-state index contributed by atoms with van der Waals surface area (Å²) in [5.74, 6) is -0.124. The van der Waals surface area contributed by atoms with Gasteiger partial charge in [-0.3, -0.25) is 4.79 Å². The summed E-state index contributed by atoms with van der Waals surface area (Å²) < 4.78 is 5.02. The molecule has 1 rings (SSSR count). The number of anilines is 1. The van der Waals surface area contributed by atoms with E-state index in [4.69, 9.17) is 4.74 Å². The molecule has 0 heterocycles. The molecule has 1 aromatic rings. The molecule has 0 aliphatic heterocycles. The van der Waals surface area contributed by atoms with Gasteiger partial charge in [-0.05, 0) is 38.6 Å². The van der Waals surface area contributed by atoms with Crippen molar-refractivity contribution >= 4 is 11.6 Å². The predicted octanol–water partition coefficient (Wildman–Crippen LogP) is 1.94. The van der Waals surface area contributed by atoms with Crippen LogP contribution in [0, 0.1) is 0 Å². The lowest BCUT2D eigenvalue weighted by molar-refractivity contribution is -0.120. The van der Waals surface area contributed by atoms with Gasteiger partial charge in [-0.15, -0.1) is 0 Å². The standard InChI is InChI=1S/C13H20N2O2/c1-4-17-9-13(16)15-12-7-5-11(6-8-12)10(2)14-3/h5-8,10,14H,4,9H2,1-3H3,(H,15,16). The number of ether oxygens (including phenoxy) is 1. The van der Waals surface area contributed by atoms with Crippen molar-refractivity contribution < 1.29 is 9.53 Å². The number of hydrogen-bond donors (Lipinski definition) is 2. The van der Waals surface area contributed by atoms with E-state index in [0.29, 0.717) is 12.6 Å². The molecule has 4 nitrogen and oxygen atoms in total. The zero-order chi connectivity index (χ0) is 12.7. The first-order valence-electron chi connectivity index (χ1n) is 5.82. The summed E-state index contributed by atoms with van der Waals surface area (Å²) in [6, 6.07) is 8.10. The highest BCUT2D eigenvalue weighted by Gasteiger charge is 2.04. The Bertz CT molecular complexity index is 349. The SMILES string of the molecule is CCOCC(=O)Nc1ccc(C(C)NC)cc1. The van der Waals surface area contributed by atoms with Gasteiger partial charge in [0.2, 0.25) is 5.91 Å². The third kappa shape index (κ3) is 4.54. The highest BCUT2D eigenvalue weighted by Crippen LogP contribution is 2.15. The highest BCUT2D eigenvalue weighted by molar-refractivity contribution is 5.91. The molecule has 0 saturated heterocycles. The second-order valence-corrected chi connectivity index (χ2v) is 3.82. The van der Waals surface area contributed by atoms with Gasteiger partial charge in [0.05, 0.1) is 0 Å². The first-order valence-corrected chi connectivity index (χ1v) is 5.82. The van der Waals surface area contributed by atoms with E-state index in [1.54, 1.807) is 0 Å². The smallest absolute Gasteiger partial charge is 0.250 e. The Morgan fingerprint density at radius 2 is 2.00 bits per heavy atom. The molecule has 1 amide bonds. The molecule has 0 aliphatic carbocycles. The van der Waals surface area contributed by atoms with Gasteiger partial charge < -0.3 is 15.4 Å². The first-order chi connectivity index (χ1) is 8.17. The first kappa shape index (κ1) is 13.7. The van der Waals surface area contributed by atoms with Crippen LogP contribution in [0.25, 0.3) is 0 Å². The summed E-state index contributed by atoms with van der Waals surface area (Å²) in [5.41, 5.74) is 1.98. The molecular weight excluding hydrogens is 216 g/mol. The van der Waals surface area contributed by atoms with Crippen LogP contribution in [0.1, 0.15) is 25.5 Å². The Morgan fingerprint density at radius 3 is 2.53 bits per heavy atom. The van der Waals surface area contributed by atoms with Crippen LogP contribution in [0.2, 0.25) is 0 Å². The topological polar surface area (TPSA) is 50.4 Å². The summed E-state index contributed by atoms with van der Waals surface area (Å²) >= 11 is 0. The molecule has 1 atom stereocenters. The Hall–Kier alpha value is -1.39. The van der Waals surface area contributed by atoms with Crippen LogP contribution in [-0.4, -0.2) is 26.2 Å². The van der Waals surface area contributed by atoms with Crippen molar-refractivity contribution in [2.24, 2.45) is 0 Å². The molecule has 94 valence electrons. The molecule has 4 heteroatoms. The summed E-state index contributed by atoms with van der Waals surface area (Å²) in [4.78, 5) is 11.4. The summed E-state index contributed by atoms with van der Waals surface area (Å²) in [6.45, 7) is 4.60. The quantitative estimate of drug-likeness (QED) is 0.793. The van der Waals surface area contributed by atoms with Gasteiger partial charge in [-0.1, -0.05) is 12.1 Å². The van der Waals surface area contributed by atoms with Crippen molar-refractivity contribution in [3.63, 3.8) is 0 Å². The lowest BCUT2D eigenvalue weighted by atomic mass is 10.1. The molecule has 0 saturated carbocycles. The van der Waals surface area contributed by atoms with E-state index in [0.717, 1.165) is 5.69 Å². The van der Waals surface area contributed by atoms with Crippen molar-refractivity contribution in [2.45, 2.75) is 19.9 Å². The molecular formula is C13H20N2O2. The van der Waals surface area contributed by atoms with E-state index in [1.165, 1.54) is 5.56 Å². The van der Waals surface area contributed by atoms with E-state index < -0.39 is 0 Å². The molecule has 0 aromatic heterocycles. The molecule has 0 spiro atoms. The molecule has 17 heavy (non-hydrogen) atoms. The number of carbonyl (C=O) groups excluding carboxylic acids is 1. The van der Waals surface area contributed by atoms with E-state index in [-0.39, 0.29) is 12.5 Å². The number of nitrogens with one attached hydrogen (secondary N) is 2. The third-order valence-electron chi connectivity index (χ3n) is 2.56. The van der Waals surface area contributed by atoms with Gasteiger partial charge in [0.15, 0.2) is 0 Å². The van der Waals surface area contributed by atoms with Gasteiger partial charge in [0, 0.05) is 18.3 Å². The van der Waals surface area contributed by atoms with Crippen LogP contribution < -0.4 is 10.6 Å². The minimum absolute atomic E-state index is 0.102. The Balaban J connectivity index is 2.53. The summed E-state index contributed by atoms with van der Waals surface area (Å²) in [7, 11) is 1.92. The monoisotopic (exact) mass is 236 g/mol. The third-order valence-corrected chi connectivity index (χ3v) is 2.56. The average molecular weight is 236 g/mol. The van der Waals surface area contributed by atoms with E-state index in [1.807, 2.05) is 38.2 Å². The maximum atomic E-state index is 11.4. The lowest BCUT2D eigenvalue weighted by Crippen LogP contribution is -2.18. The Labute approximate surface area is 102 Å².